The first-order chi connectivity index (χ1) is 16.0. The third kappa shape index (κ3) is 10.6. The second-order valence-electron chi connectivity index (χ2n) is 9.71. The van der Waals surface area contributed by atoms with E-state index in [2.05, 4.69) is 123 Å². The molecule has 1 unspecified atom stereocenters. The quantitative estimate of drug-likeness (QED) is 0.380. The molecule has 1 N–H and O–H groups in total. The number of allylic oxidation sites excluding steroid dienone is 4. The van der Waals surface area contributed by atoms with Crippen LogP contribution in [0.15, 0.2) is 102 Å². The molecule has 0 saturated heterocycles. The van der Waals surface area contributed by atoms with Gasteiger partial charge in [-0.05, 0) is 23.1 Å². The standard InChI is InChI=1S/C13H10.C10H14O.C9H13.2ClH.Ti/c1-3-7-12(8-4-1)11-13-9-5-2-6-10-13;1-10(2,3)8-5-4-6-9(11)7-8;1-6-5-7(2)9(4)8(6)3;;;/h1-10H;4-7,11H,1-3H3;6H,1-4H3;2*1H;/q;;-1;;;+1/p-2. The van der Waals surface area contributed by atoms with Gasteiger partial charge in [0.05, 0.1) is 0 Å². The summed E-state index contributed by atoms with van der Waals surface area (Å²) in [6, 6.07) is 28.3. The van der Waals surface area contributed by atoms with Gasteiger partial charge in [-0.15, -0.1) is 6.92 Å². The van der Waals surface area contributed by atoms with E-state index in [1.54, 1.807) is 12.1 Å². The van der Waals surface area contributed by atoms with E-state index >= 15 is 0 Å². The van der Waals surface area contributed by atoms with Crippen molar-refractivity contribution in [1.82, 2.24) is 0 Å². The first-order valence-corrected chi connectivity index (χ1v) is 12.6. The molecule has 4 rings (SSSR count). The Labute approximate surface area is 242 Å². The molecule has 1 aliphatic carbocycles. The Hall–Kier alpha value is -1.90. The van der Waals surface area contributed by atoms with Gasteiger partial charge in [0.1, 0.15) is 5.75 Å². The molecule has 0 fully saturated rings. The monoisotopic (exact) mass is 555 g/mol. The minimum absolute atomic E-state index is 0. The van der Waals surface area contributed by atoms with E-state index in [-0.39, 0.29) is 30.2 Å². The van der Waals surface area contributed by atoms with Crippen molar-refractivity contribution in [2.75, 3.05) is 0 Å². The van der Waals surface area contributed by atoms with Gasteiger partial charge in [-0.3, -0.25) is 6.08 Å². The predicted molar refractivity (Wildman–Crippen MR) is 143 cm³/mol. The van der Waals surface area contributed by atoms with Crippen LogP contribution in [0.2, 0.25) is 0 Å². The summed E-state index contributed by atoms with van der Waals surface area (Å²) in [7, 11) is 0. The molecular weight excluding hydrogens is 519 g/mol. The minimum atomic E-state index is 0. The van der Waals surface area contributed by atoms with Crippen LogP contribution in [0, 0.1) is 12.0 Å². The molecular formula is C32H37Cl2OTi-2. The Balaban J connectivity index is 0.000000509. The molecule has 0 saturated carbocycles. The summed E-state index contributed by atoms with van der Waals surface area (Å²) in [4.78, 5) is 0. The summed E-state index contributed by atoms with van der Waals surface area (Å²) in [5.41, 5.74) is 8.11. The zero-order chi connectivity index (χ0) is 25.3. The van der Waals surface area contributed by atoms with Gasteiger partial charge in [0.2, 0.25) is 0 Å². The molecule has 0 aromatic heterocycles. The van der Waals surface area contributed by atoms with Crippen LogP contribution in [0.3, 0.4) is 0 Å². The van der Waals surface area contributed by atoms with Gasteiger partial charge in [0.25, 0.3) is 0 Å². The van der Waals surface area contributed by atoms with Crippen LogP contribution in [0.1, 0.15) is 65.2 Å². The SMILES string of the molecule is CC(C)(C)c1cccc(O)c1.CC1=[C-]C(C)C(C)=C1C.[Cl-].[Cl-].[Ti+]=[C](c1ccccc1)c1ccccc1. The van der Waals surface area contributed by atoms with Gasteiger partial charge in [0, 0.05) is 0 Å². The maximum atomic E-state index is 9.18. The van der Waals surface area contributed by atoms with Crippen LogP contribution in [-0.2, 0) is 25.4 Å². The van der Waals surface area contributed by atoms with Crippen molar-refractivity contribution in [2.24, 2.45) is 5.92 Å². The van der Waals surface area contributed by atoms with E-state index in [1.165, 1.54) is 31.7 Å². The van der Waals surface area contributed by atoms with Crippen LogP contribution >= 0.6 is 0 Å². The van der Waals surface area contributed by atoms with E-state index in [9.17, 15) is 5.11 Å². The fourth-order valence-electron chi connectivity index (χ4n) is 3.51. The van der Waals surface area contributed by atoms with Gasteiger partial charge in [-0.2, -0.15) is 11.1 Å². The van der Waals surface area contributed by atoms with E-state index < -0.39 is 0 Å². The molecule has 3 aromatic rings. The van der Waals surface area contributed by atoms with E-state index in [0.29, 0.717) is 11.7 Å². The Morgan fingerprint density at radius 1 is 0.778 bits per heavy atom. The molecule has 3 aromatic carbocycles. The van der Waals surface area contributed by atoms with Crippen molar-refractivity contribution in [3.63, 3.8) is 0 Å². The maximum absolute atomic E-state index is 9.18. The molecule has 0 spiro atoms. The summed E-state index contributed by atoms with van der Waals surface area (Å²) in [5.74, 6) is 0.905. The summed E-state index contributed by atoms with van der Waals surface area (Å²) < 4.78 is 1.33. The average Bonchev–Trinajstić information content (AvgIpc) is 3.05. The third-order valence-corrected chi connectivity index (χ3v) is 6.98. The molecule has 0 amide bonds. The molecule has 1 atom stereocenters. The molecule has 0 heterocycles. The number of phenolic OH excluding ortho intramolecular Hbond substituents is 1. The molecule has 0 aliphatic heterocycles. The van der Waals surface area contributed by atoms with Crippen LogP contribution < -0.4 is 24.8 Å². The Kier molecular flexibility index (Phi) is 15.2. The third-order valence-electron chi connectivity index (χ3n) is 6.07. The molecule has 191 valence electrons. The van der Waals surface area contributed by atoms with E-state index in [4.69, 9.17) is 0 Å². The second kappa shape index (κ2) is 16.1. The van der Waals surface area contributed by atoms with Crippen molar-refractivity contribution >= 4 is 3.81 Å². The van der Waals surface area contributed by atoms with Gasteiger partial charge >= 0.3 is 95.6 Å². The van der Waals surface area contributed by atoms with Crippen molar-refractivity contribution in [1.29, 1.82) is 0 Å². The van der Waals surface area contributed by atoms with E-state index in [0.717, 1.165) is 5.56 Å². The number of benzene rings is 3. The number of aromatic hydroxyl groups is 1. The summed E-state index contributed by atoms with van der Waals surface area (Å²) in [6.07, 6.45) is 3.36. The van der Waals surface area contributed by atoms with Crippen molar-refractivity contribution in [3.8, 4) is 5.75 Å². The summed E-state index contributed by atoms with van der Waals surface area (Å²) >= 11 is 2.16. The first kappa shape index (κ1) is 34.1. The van der Waals surface area contributed by atoms with Gasteiger partial charge < -0.3 is 29.9 Å². The Bertz CT molecular complexity index is 1100. The molecule has 0 radical (unpaired) electrons. The van der Waals surface area contributed by atoms with Gasteiger partial charge in [0.15, 0.2) is 0 Å². The molecule has 4 heteroatoms. The fraction of sp³-hybridized carbons (Fsp3) is 0.281. The zero-order valence-corrected chi connectivity index (χ0v) is 25.4. The molecule has 1 nitrogen and oxygen atoms in total. The van der Waals surface area contributed by atoms with Crippen molar-refractivity contribution < 1.29 is 49.9 Å². The molecule has 0 bridgehead atoms. The normalized spacial score (nSPS) is 14.1. The Morgan fingerprint density at radius 2 is 1.25 bits per heavy atom. The Morgan fingerprint density at radius 3 is 1.53 bits per heavy atom. The topological polar surface area (TPSA) is 20.2 Å². The average molecular weight is 556 g/mol. The molecule has 36 heavy (non-hydrogen) atoms. The molecule has 1 aliphatic rings. The number of halogens is 2. The fourth-order valence-corrected chi connectivity index (χ4v) is 4.03. The van der Waals surface area contributed by atoms with Crippen LogP contribution in [0.25, 0.3) is 0 Å². The number of hydrogen-bond donors (Lipinski definition) is 1. The predicted octanol–water partition coefficient (Wildman–Crippen LogP) is 2.22. The van der Waals surface area contributed by atoms with Gasteiger partial charge in [-0.25, -0.2) is 5.57 Å². The van der Waals surface area contributed by atoms with Gasteiger partial charge in [-0.1, -0.05) is 59.6 Å². The van der Waals surface area contributed by atoms with Crippen LogP contribution in [0.5, 0.6) is 5.75 Å². The first-order valence-electron chi connectivity index (χ1n) is 11.8. The number of phenols is 1. The summed E-state index contributed by atoms with van der Waals surface area (Å²) in [5, 5.41) is 9.18. The van der Waals surface area contributed by atoms with Crippen LogP contribution in [-0.4, -0.2) is 8.92 Å². The summed E-state index contributed by atoms with van der Waals surface area (Å²) in [6.45, 7) is 15.0. The zero-order valence-electron chi connectivity index (χ0n) is 22.4. The van der Waals surface area contributed by atoms with Crippen molar-refractivity contribution in [3.05, 3.63) is 124 Å². The second-order valence-corrected chi connectivity index (χ2v) is 10.5. The number of hydrogen-bond acceptors (Lipinski definition) is 1. The number of rotatable bonds is 2. The van der Waals surface area contributed by atoms with Crippen molar-refractivity contribution in [2.45, 2.75) is 53.9 Å². The van der Waals surface area contributed by atoms with Crippen LogP contribution in [0.4, 0.5) is 0 Å². The van der Waals surface area contributed by atoms with E-state index in [1.807, 2.05) is 24.3 Å².